The van der Waals surface area contributed by atoms with Gasteiger partial charge < -0.3 is 19.5 Å². The average Bonchev–Trinajstić information content (AvgIpc) is 2.65. The maximum atomic E-state index is 12.4. The van der Waals surface area contributed by atoms with Crippen LogP contribution in [0.15, 0.2) is 42.5 Å². The SMILES string of the molecule is CCCCCOc1ccc(C(=O)Nc2cc(OC)cc(OC)c2)cc1. The first kappa shape index (κ1) is 18.6. The monoisotopic (exact) mass is 343 g/mol. The number of amides is 1. The van der Waals surface area contributed by atoms with Crippen molar-refractivity contribution in [3.8, 4) is 17.2 Å². The van der Waals surface area contributed by atoms with Gasteiger partial charge in [-0.1, -0.05) is 19.8 Å². The third-order valence-electron chi connectivity index (χ3n) is 3.74. The minimum absolute atomic E-state index is 0.201. The summed E-state index contributed by atoms with van der Waals surface area (Å²) in [5.41, 5.74) is 1.17. The number of unbranched alkanes of at least 4 members (excludes halogenated alkanes) is 2. The molecule has 0 unspecified atom stereocenters. The van der Waals surface area contributed by atoms with Gasteiger partial charge in [-0.3, -0.25) is 4.79 Å². The van der Waals surface area contributed by atoms with Gasteiger partial charge in [0.05, 0.1) is 20.8 Å². The zero-order valence-electron chi connectivity index (χ0n) is 15.0. The van der Waals surface area contributed by atoms with Crippen molar-refractivity contribution in [3.63, 3.8) is 0 Å². The van der Waals surface area contributed by atoms with Crippen LogP contribution in [0.5, 0.6) is 17.2 Å². The molecule has 0 bridgehead atoms. The Balaban J connectivity index is 1.98. The number of ether oxygens (including phenoxy) is 3. The summed E-state index contributed by atoms with van der Waals surface area (Å²) in [6, 6.07) is 12.4. The molecule has 5 heteroatoms. The highest BCUT2D eigenvalue weighted by Crippen LogP contribution is 2.26. The van der Waals surface area contributed by atoms with Gasteiger partial charge in [-0.25, -0.2) is 0 Å². The Bertz CT molecular complexity index is 660. The minimum atomic E-state index is -0.201. The molecule has 1 amide bonds. The second-order valence-electron chi connectivity index (χ2n) is 5.64. The summed E-state index contributed by atoms with van der Waals surface area (Å²) in [6.45, 7) is 2.86. The lowest BCUT2D eigenvalue weighted by Gasteiger charge is -2.10. The smallest absolute Gasteiger partial charge is 0.255 e. The van der Waals surface area contributed by atoms with Gasteiger partial charge in [0, 0.05) is 29.4 Å². The van der Waals surface area contributed by atoms with Crippen LogP contribution in [0.1, 0.15) is 36.5 Å². The van der Waals surface area contributed by atoms with E-state index in [1.807, 2.05) is 12.1 Å². The Morgan fingerprint density at radius 3 is 2.12 bits per heavy atom. The van der Waals surface area contributed by atoms with Gasteiger partial charge in [0.15, 0.2) is 0 Å². The van der Waals surface area contributed by atoms with Gasteiger partial charge in [-0.2, -0.15) is 0 Å². The Kier molecular flexibility index (Phi) is 7.14. The fourth-order valence-electron chi connectivity index (χ4n) is 2.33. The normalized spacial score (nSPS) is 10.2. The molecule has 0 aliphatic carbocycles. The highest BCUT2D eigenvalue weighted by atomic mass is 16.5. The van der Waals surface area contributed by atoms with Gasteiger partial charge in [0.25, 0.3) is 5.91 Å². The molecule has 2 aromatic carbocycles. The lowest BCUT2D eigenvalue weighted by atomic mass is 10.2. The lowest BCUT2D eigenvalue weighted by molar-refractivity contribution is 0.102. The lowest BCUT2D eigenvalue weighted by Crippen LogP contribution is -2.12. The molecular weight excluding hydrogens is 318 g/mol. The highest BCUT2D eigenvalue weighted by Gasteiger charge is 2.09. The highest BCUT2D eigenvalue weighted by molar-refractivity contribution is 6.04. The van der Waals surface area contributed by atoms with Crippen LogP contribution >= 0.6 is 0 Å². The van der Waals surface area contributed by atoms with Crippen molar-refractivity contribution in [1.29, 1.82) is 0 Å². The van der Waals surface area contributed by atoms with Crippen molar-refractivity contribution < 1.29 is 19.0 Å². The molecule has 0 saturated carbocycles. The summed E-state index contributed by atoms with van der Waals surface area (Å²) >= 11 is 0. The van der Waals surface area contributed by atoms with E-state index in [4.69, 9.17) is 14.2 Å². The maximum Gasteiger partial charge on any atom is 0.255 e. The first-order valence-corrected chi connectivity index (χ1v) is 8.43. The number of carbonyl (C=O) groups is 1. The first-order valence-electron chi connectivity index (χ1n) is 8.43. The molecule has 134 valence electrons. The molecule has 0 fully saturated rings. The van der Waals surface area contributed by atoms with Crippen LogP contribution in [0.4, 0.5) is 5.69 Å². The van der Waals surface area contributed by atoms with Gasteiger partial charge in [-0.05, 0) is 30.7 Å². The van der Waals surface area contributed by atoms with E-state index in [0.717, 1.165) is 25.0 Å². The van der Waals surface area contributed by atoms with Crippen molar-refractivity contribution in [3.05, 3.63) is 48.0 Å². The van der Waals surface area contributed by atoms with Crippen molar-refractivity contribution in [2.45, 2.75) is 26.2 Å². The van der Waals surface area contributed by atoms with E-state index >= 15 is 0 Å². The molecule has 0 aliphatic heterocycles. The summed E-state index contributed by atoms with van der Waals surface area (Å²) in [5.74, 6) is 1.81. The number of hydrogen-bond donors (Lipinski definition) is 1. The van der Waals surface area contributed by atoms with E-state index in [0.29, 0.717) is 29.4 Å². The van der Waals surface area contributed by atoms with E-state index < -0.39 is 0 Å². The van der Waals surface area contributed by atoms with Crippen LogP contribution in [-0.2, 0) is 0 Å². The number of nitrogens with one attached hydrogen (secondary N) is 1. The van der Waals surface area contributed by atoms with Gasteiger partial charge in [-0.15, -0.1) is 0 Å². The van der Waals surface area contributed by atoms with Gasteiger partial charge in [0.2, 0.25) is 0 Å². The standard InChI is InChI=1S/C20H25NO4/c1-4-5-6-11-25-17-9-7-15(8-10-17)20(22)21-16-12-18(23-2)14-19(13-16)24-3/h7-10,12-14H,4-6,11H2,1-3H3,(H,21,22). The van der Waals surface area contributed by atoms with Gasteiger partial charge >= 0.3 is 0 Å². The number of benzene rings is 2. The molecule has 0 heterocycles. The molecule has 25 heavy (non-hydrogen) atoms. The molecule has 5 nitrogen and oxygen atoms in total. The molecule has 0 radical (unpaired) electrons. The van der Waals surface area contributed by atoms with E-state index in [2.05, 4.69) is 12.2 Å². The topological polar surface area (TPSA) is 56.8 Å². The zero-order valence-corrected chi connectivity index (χ0v) is 15.0. The van der Waals surface area contributed by atoms with Crippen molar-refractivity contribution in [2.24, 2.45) is 0 Å². The van der Waals surface area contributed by atoms with E-state index in [9.17, 15) is 4.79 Å². The number of carbonyl (C=O) groups excluding carboxylic acids is 1. The van der Waals surface area contributed by atoms with Crippen LogP contribution in [-0.4, -0.2) is 26.7 Å². The van der Waals surface area contributed by atoms with Crippen LogP contribution in [0.2, 0.25) is 0 Å². The predicted octanol–water partition coefficient (Wildman–Crippen LogP) is 4.53. The molecule has 0 spiro atoms. The van der Waals surface area contributed by atoms with Crippen LogP contribution in [0, 0.1) is 0 Å². The Hall–Kier alpha value is -2.69. The molecule has 2 rings (SSSR count). The maximum absolute atomic E-state index is 12.4. The second-order valence-corrected chi connectivity index (χ2v) is 5.64. The zero-order chi connectivity index (χ0) is 18.1. The Morgan fingerprint density at radius 1 is 0.920 bits per heavy atom. The number of methoxy groups -OCH3 is 2. The number of anilines is 1. The third kappa shape index (κ3) is 5.71. The van der Waals surface area contributed by atoms with Crippen molar-refractivity contribution in [1.82, 2.24) is 0 Å². The summed E-state index contributed by atoms with van der Waals surface area (Å²) < 4.78 is 16.1. The predicted molar refractivity (Wildman–Crippen MR) is 99.0 cm³/mol. The summed E-state index contributed by atoms with van der Waals surface area (Å²) in [4.78, 5) is 12.4. The molecule has 0 saturated heterocycles. The van der Waals surface area contributed by atoms with Gasteiger partial charge in [0.1, 0.15) is 17.2 Å². The molecule has 0 atom stereocenters. The fraction of sp³-hybridized carbons (Fsp3) is 0.350. The Labute approximate surface area is 148 Å². The van der Waals surface area contributed by atoms with Crippen LogP contribution < -0.4 is 19.5 Å². The fourth-order valence-corrected chi connectivity index (χ4v) is 2.33. The molecule has 0 aromatic heterocycles. The Morgan fingerprint density at radius 2 is 1.56 bits per heavy atom. The summed E-state index contributed by atoms with van der Waals surface area (Å²) in [5, 5.41) is 2.85. The van der Waals surface area contributed by atoms with E-state index in [1.165, 1.54) is 0 Å². The van der Waals surface area contributed by atoms with E-state index in [-0.39, 0.29) is 5.91 Å². The number of rotatable bonds is 9. The van der Waals surface area contributed by atoms with Crippen LogP contribution in [0.3, 0.4) is 0 Å². The quantitative estimate of drug-likeness (QED) is 0.680. The largest absolute Gasteiger partial charge is 0.497 e. The second kappa shape index (κ2) is 9.57. The first-order chi connectivity index (χ1) is 12.2. The van der Waals surface area contributed by atoms with Crippen molar-refractivity contribution >= 4 is 11.6 Å². The molecule has 2 aromatic rings. The van der Waals surface area contributed by atoms with E-state index in [1.54, 1.807) is 44.6 Å². The molecule has 0 aliphatic rings. The molecule has 1 N–H and O–H groups in total. The summed E-state index contributed by atoms with van der Waals surface area (Å²) in [7, 11) is 3.14. The van der Waals surface area contributed by atoms with Crippen LogP contribution in [0.25, 0.3) is 0 Å². The minimum Gasteiger partial charge on any atom is -0.497 e. The average molecular weight is 343 g/mol. The third-order valence-corrected chi connectivity index (χ3v) is 3.74. The number of hydrogen-bond acceptors (Lipinski definition) is 4. The van der Waals surface area contributed by atoms with Crippen molar-refractivity contribution in [2.75, 3.05) is 26.1 Å². The molecular formula is C20H25NO4. The summed E-state index contributed by atoms with van der Waals surface area (Å²) in [6.07, 6.45) is 3.36.